The summed E-state index contributed by atoms with van der Waals surface area (Å²) in [7, 11) is 3.38. The molecule has 0 radical (unpaired) electrons. The van der Waals surface area contributed by atoms with Crippen LogP contribution in [-0.2, 0) is 17.8 Å². The molecule has 0 unspecified atom stereocenters. The van der Waals surface area contributed by atoms with Gasteiger partial charge in [-0.3, -0.25) is 4.79 Å². The summed E-state index contributed by atoms with van der Waals surface area (Å²) in [6.45, 7) is 0.601. The molecule has 0 spiro atoms. The Hall–Kier alpha value is -2.00. The molecular formula is C17H18ClNO2. The van der Waals surface area contributed by atoms with Crippen LogP contribution < -0.4 is 4.74 Å². The standard InChI is InChI=1S/C17H18ClNO2/c1-19(12-13-6-4-3-5-7-13)17(20)11-14-8-9-16(21-2)15(18)10-14/h3-10H,11-12H2,1-2H3. The van der Waals surface area contributed by atoms with E-state index in [1.54, 1.807) is 31.2 Å². The molecule has 0 heterocycles. The van der Waals surface area contributed by atoms with Gasteiger partial charge in [0.05, 0.1) is 18.6 Å². The van der Waals surface area contributed by atoms with E-state index in [0.717, 1.165) is 11.1 Å². The van der Waals surface area contributed by atoms with E-state index in [1.807, 2.05) is 36.4 Å². The minimum Gasteiger partial charge on any atom is -0.495 e. The number of benzene rings is 2. The van der Waals surface area contributed by atoms with Gasteiger partial charge in [0, 0.05) is 13.6 Å². The third-order valence-electron chi connectivity index (χ3n) is 3.26. The molecule has 0 N–H and O–H groups in total. The Morgan fingerprint density at radius 3 is 2.48 bits per heavy atom. The maximum absolute atomic E-state index is 12.2. The van der Waals surface area contributed by atoms with E-state index in [9.17, 15) is 4.79 Å². The lowest BCUT2D eigenvalue weighted by molar-refractivity contribution is -0.129. The molecule has 2 aromatic rings. The zero-order valence-electron chi connectivity index (χ0n) is 12.2. The average molecular weight is 304 g/mol. The molecular weight excluding hydrogens is 286 g/mol. The van der Waals surface area contributed by atoms with Gasteiger partial charge in [0.1, 0.15) is 5.75 Å². The van der Waals surface area contributed by atoms with Gasteiger partial charge >= 0.3 is 0 Å². The number of likely N-dealkylation sites (N-methyl/N-ethyl adjacent to an activating group) is 1. The number of carbonyl (C=O) groups excluding carboxylic acids is 1. The van der Waals surface area contributed by atoms with Gasteiger partial charge in [0.2, 0.25) is 5.91 Å². The summed E-state index contributed by atoms with van der Waals surface area (Å²) in [6, 6.07) is 15.3. The molecule has 3 nitrogen and oxygen atoms in total. The Balaban J connectivity index is 1.99. The molecule has 0 aliphatic carbocycles. The highest BCUT2D eigenvalue weighted by atomic mass is 35.5. The Labute approximate surface area is 130 Å². The first-order valence-corrected chi connectivity index (χ1v) is 7.08. The van der Waals surface area contributed by atoms with Crippen LogP contribution in [0.2, 0.25) is 5.02 Å². The summed E-state index contributed by atoms with van der Waals surface area (Å²) >= 11 is 6.07. The Bertz CT molecular complexity index is 613. The van der Waals surface area contributed by atoms with E-state index in [1.165, 1.54) is 0 Å². The SMILES string of the molecule is COc1ccc(CC(=O)N(C)Cc2ccccc2)cc1Cl. The smallest absolute Gasteiger partial charge is 0.227 e. The van der Waals surface area contributed by atoms with Crippen LogP contribution in [-0.4, -0.2) is 25.0 Å². The van der Waals surface area contributed by atoms with Gasteiger partial charge in [-0.15, -0.1) is 0 Å². The lowest BCUT2D eigenvalue weighted by atomic mass is 10.1. The van der Waals surface area contributed by atoms with Gasteiger partial charge in [-0.25, -0.2) is 0 Å². The summed E-state index contributed by atoms with van der Waals surface area (Å²) in [4.78, 5) is 13.9. The summed E-state index contributed by atoms with van der Waals surface area (Å²) in [5.41, 5.74) is 1.99. The highest BCUT2D eigenvalue weighted by molar-refractivity contribution is 6.32. The number of ether oxygens (including phenoxy) is 1. The highest BCUT2D eigenvalue weighted by Crippen LogP contribution is 2.25. The van der Waals surface area contributed by atoms with Gasteiger partial charge in [0.25, 0.3) is 0 Å². The lowest BCUT2D eigenvalue weighted by Crippen LogP contribution is -2.27. The van der Waals surface area contributed by atoms with Crippen molar-refractivity contribution in [2.75, 3.05) is 14.2 Å². The number of hydrogen-bond donors (Lipinski definition) is 0. The van der Waals surface area contributed by atoms with Crippen LogP contribution in [0.15, 0.2) is 48.5 Å². The molecule has 0 aliphatic rings. The van der Waals surface area contributed by atoms with Crippen molar-refractivity contribution in [1.29, 1.82) is 0 Å². The largest absolute Gasteiger partial charge is 0.495 e. The van der Waals surface area contributed by atoms with E-state index in [-0.39, 0.29) is 5.91 Å². The molecule has 0 saturated heterocycles. The summed E-state index contributed by atoms with van der Waals surface area (Å²) in [5.74, 6) is 0.672. The van der Waals surface area contributed by atoms with E-state index in [4.69, 9.17) is 16.3 Å². The molecule has 0 fully saturated rings. The van der Waals surface area contributed by atoms with Gasteiger partial charge in [-0.1, -0.05) is 48.0 Å². The second-order valence-electron chi connectivity index (χ2n) is 4.88. The molecule has 2 rings (SSSR count). The molecule has 0 saturated carbocycles. The van der Waals surface area contributed by atoms with Gasteiger partial charge in [-0.05, 0) is 23.3 Å². The van der Waals surface area contributed by atoms with Gasteiger partial charge < -0.3 is 9.64 Å². The van der Waals surface area contributed by atoms with Gasteiger partial charge in [-0.2, -0.15) is 0 Å². The van der Waals surface area contributed by atoms with Crippen molar-refractivity contribution in [2.45, 2.75) is 13.0 Å². The van der Waals surface area contributed by atoms with Crippen molar-refractivity contribution in [3.05, 3.63) is 64.7 Å². The van der Waals surface area contributed by atoms with Crippen molar-refractivity contribution < 1.29 is 9.53 Å². The molecule has 110 valence electrons. The maximum Gasteiger partial charge on any atom is 0.227 e. The van der Waals surface area contributed by atoms with Gasteiger partial charge in [0.15, 0.2) is 0 Å². The van der Waals surface area contributed by atoms with Crippen molar-refractivity contribution in [1.82, 2.24) is 4.90 Å². The maximum atomic E-state index is 12.2. The van der Waals surface area contributed by atoms with E-state index in [2.05, 4.69) is 0 Å². The third-order valence-corrected chi connectivity index (χ3v) is 3.56. The number of halogens is 1. The fraction of sp³-hybridized carbons (Fsp3) is 0.235. The molecule has 0 bridgehead atoms. The van der Waals surface area contributed by atoms with Crippen LogP contribution in [0.25, 0.3) is 0 Å². The second-order valence-corrected chi connectivity index (χ2v) is 5.29. The molecule has 0 atom stereocenters. The zero-order chi connectivity index (χ0) is 15.2. The predicted molar refractivity (Wildman–Crippen MR) is 84.6 cm³/mol. The molecule has 2 aromatic carbocycles. The number of carbonyl (C=O) groups is 1. The Morgan fingerprint density at radius 1 is 1.14 bits per heavy atom. The van der Waals surface area contributed by atoms with Crippen molar-refractivity contribution in [3.63, 3.8) is 0 Å². The monoisotopic (exact) mass is 303 g/mol. The Kier molecular flexibility index (Phi) is 5.23. The fourth-order valence-electron chi connectivity index (χ4n) is 2.07. The highest BCUT2D eigenvalue weighted by Gasteiger charge is 2.11. The van der Waals surface area contributed by atoms with Crippen LogP contribution in [0.4, 0.5) is 0 Å². The predicted octanol–water partition coefficient (Wildman–Crippen LogP) is 3.55. The van der Waals surface area contributed by atoms with Crippen LogP contribution in [0, 0.1) is 0 Å². The Morgan fingerprint density at radius 2 is 1.86 bits per heavy atom. The average Bonchev–Trinajstić information content (AvgIpc) is 2.48. The number of methoxy groups -OCH3 is 1. The quantitative estimate of drug-likeness (QED) is 0.845. The number of hydrogen-bond acceptors (Lipinski definition) is 2. The summed E-state index contributed by atoms with van der Waals surface area (Å²) in [5, 5.41) is 0.522. The molecule has 0 aliphatic heterocycles. The van der Waals surface area contributed by atoms with Crippen LogP contribution in [0.1, 0.15) is 11.1 Å². The second kappa shape index (κ2) is 7.14. The molecule has 4 heteroatoms. The van der Waals surface area contributed by atoms with Crippen molar-refractivity contribution in [3.8, 4) is 5.75 Å². The van der Waals surface area contributed by atoms with E-state index < -0.39 is 0 Å². The van der Waals surface area contributed by atoms with Crippen LogP contribution >= 0.6 is 11.6 Å². The topological polar surface area (TPSA) is 29.5 Å². The molecule has 0 aromatic heterocycles. The van der Waals surface area contributed by atoms with Crippen LogP contribution in [0.3, 0.4) is 0 Å². The van der Waals surface area contributed by atoms with Crippen molar-refractivity contribution >= 4 is 17.5 Å². The summed E-state index contributed by atoms with van der Waals surface area (Å²) in [6.07, 6.45) is 0.326. The minimum atomic E-state index is 0.0556. The first kappa shape index (κ1) is 15.4. The van der Waals surface area contributed by atoms with Crippen molar-refractivity contribution in [2.24, 2.45) is 0 Å². The third kappa shape index (κ3) is 4.23. The van der Waals surface area contributed by atoms with Crippen LogP contribution in [0.5, 0.6) is 5.75 Å². The fourth-order valence-corrected chi connectivity index (χ4v) is 2.36. The summed E-state index contributed by atoms with van der Waals surface area (Å²) < 4.78 is 5.10. The van der Waals surface area contributed by atoms with E-state index >= 15 is 0 Å². The number of amides is 1. The molecule has 21 heavy (non-hydrogen) atoms. The lowest BCUT2D eigenvalue weighted by Gasteiger charge is -2.17. The zero-order valence-corrected chi connectivity index (χ0v) is 12.9. The normalized spacial score (nSPS) is 10.2. The minimum absolute atomic E-state index is 0.0556. The number of rotatable bonds is 5. The van der Waals surface area contributed by atoms with E-state index in [0.29, 0.717) is 23.7 Å². The molecule has 1 amide bonds. The number of nitrogens with zero attached hydrogens (tertiary/aromatic N) is 1. The first-order valence-electron chi connectivity index (χ1n) is 6.70. The first-order chi connectivity index (χ1) is 10.1.